The van der Waals surface area contributed by atoms with Crippen LogP contribution in [0.3, 0.4) is 0 Å². The van der Waals surface area contributed by atoms with Crippen molar-refractivity contribution < 1.29 is 9.47 Å². The molecule has 0 bridgehead atoms. The van der Waals surface area contributed by atoms with Crippen LogP contribution in [0.15, 0.2) is 40.9 Å². The molecule has 0 atom stereocenters. The van der Waals surface area contributed by atoms with E-state index in [-0.39, 0.29) is 0 Å². The van der Waals surface area contributed by atoms with Gasteiger partial charge in [0, 0.05) is 12.2 Å². The van der Waals surface area contributed by atoms with Crippen LogP contribution in [-0.2, 0) is 13.0 Å². The second-order valence-electron chi connectivity index (χ2n) is 5.55. The van der Waals surface area contributed by atoms with Crippen molar-refractivity contribution in [1.29, 1.82) is 0 Å². The molecule has 130 valence electrons. The molecule has 0 saturated heterocycles. The SMILES string of the molecule is CCCOc1c(Br)cc(CNc2ccccc2CC)cc1OCC. The van der Waals surface area contributed by atoms with E-state index < -0.39 is 0 Å². The minimum atomic E-state index is 0.616. The molecular weight excluding hydrogens is 366 g/mol. The molecule has 2 aromatic carbocycles. The van der Waals surface area contributed by atoms with Crippen molar-refractivity contribution >= 4 is 21.6 Å². The highest BCUT2D eigenvalue weighted by Crippen LogP contribution is 2.37. The maximum Gasteiger partial charge on any atom is 0.175 e. The zero-order valence-corrected chi connectivity index (χ0v) is 16.3. The van der Waals surface area contributed by atoms with Crippen LogP contribution in [0.25, 0.3) is 0 Å². The lowest BCUT2D eigenvalue weighted by Crippen LogP contribution is -2.05. The molecule has 4 heteroatoms. The van der Waals surface area contributed by atoms with Gasteiger partial charge >= 0.3 is 0 Å². The number of nitrogens with one attached hydrogen (secondary N) is 1. The minimum Gasteiger partial charge on any atom is -0.490 e. The third kappa shape index (κ3) is 4.91. The summed E-state index contributed by atoms with van der Waals surface area (Å²) in [5, 5.41) is 3.52. The Hall–Kier alpha value is -1.68. The van der Waals surface area contributed by atoms with Crippen molar-refractivity contribution in [3.63, 3.8) is 0 Å². The molecule has 0 fully saturated rings. The molecule has 0 unspecified atom stereocenters. The molecule has 0 spiro atoms. The Morgan fingerprint density at radius 2 is 1.83 bits per heavy atom. The first kappa shape index (κ1) is 18.7. The van der Waals surface area contributed by atoms with E-state index in [1.807, 2.05) is 6.92 Å². The van der Waals surface area contributed by atoms with Gasteiger partial charge in [0.15, 0.2) is 11.5 Å². The van der Waals surface area contributed by atoms with E-state index in [0.717, 1.165) is 40.9 Å². The Labute approximate surface area is 153 Å². The Bertz CT molecular complexity index is 658. The molecule has 24 heavy (non-hydrogen) atoms. The molecule has 0 aliphatic rings. The topological polar surface area (TPSA) is 30.5 Å². The zero-order valence-electron chi connectivity index (χ0n) is 14.7. The van der Waals surface area contributed by atoms with Crippen LogP contribution in [0.2, 0.25) is 0 Å². The summed E-state index contributed by atoms with van der Waals surface area (Å²) in [6.45, 7) is 8.29. The molecular formula is C20H26BrNO2. The molecule has 0 saturated carbocycles. The van der Waals surface area contributed by atoms with Crippen molar-refractivity contribution in [2.24, 2.45) is 0 Å². The predicted octanol–water partition coefficient (Wildman–Crippen LogP) is 5.81. The van der Waals surface area contributed by atoms with E-state index in [4.69, 9.17) is 9.47 Å². The second kappa shape index (κ2) is 9.58. The van der Waals surface area contributed by atoms with Gasteiger partial charge in [-0.3, -0.25) is 0 Å². The monoisotopic (exact) mass is 391 g/mol. The first-order valence-corrected chi connectivity index (χ1v) is 9.38. The van der Waals surface area contributed by atoms with Crippen molar-refractivity contribution in [3.05, 3.63) is 52.0 Å². The summed E-state index contributed by atoms with van der Waals surface area (Å²) in [7, 11) is 0. The highest BCUT2D eigenvalue weighted by Gasteiger charge is 2.12. The van der Waals surface area contributed by atoms with Gasteiger partial charge in [0.25, 0.3) is 0 Å². The lowest BCUT2D eigenvalue weighted by atomic mass is 10.1. The minimum absolute atomic E-state index is 0.616. The number of ether oxygens (including phenoxy) is 2. The third-order valence-electron chi connectivity index (χ3n) is 3.70. The van der Waals surface area contributed by atoms with Crippen LogP contribution < -0.4 is 14.8 Å². The smallest absolute Gasteiger partial charge is 0.175 e. The summed E-state index contributed by atoms with van der Waals surface area (Å²) < 4.78 is 12.5. The maximum atomic E-state index is 5.83. The van der Waals surface area contributed by atoms with E-state index >= 15 is 0 Å². The van der Waals surface area contributed by atoms with Crippen molar-refractivity contribution in [1.82, 2.24) is 0 Å². The summed E-state index contributed by atoms with van der Waals surface area (Å²) in [6.07, 6.45) is 1.98. The Kier molecular flexibility index (Phi) is 7.44. The van der Waals surface area contributed by atoms with Crippen LogP contribution in [-0.4, -0.2) is 13.2 Å². The number of para-hydroxylation sites is 1. The van der Waals surface area contributed by atoms with Gasteiger partial charge in [0.2, 0.25) is 0 Å². The number of hydrogen-bond donors (Lipinski definition) is 1. The molecule has 0 heterocycles. The van der Waals surface area contributed by atoms with E-state index in [2.05, 4.69) is 71.5 Å². The van der Waals surface area contributed by atoms with Gasteiger partial charge in [0.1, 0.15) is 0 Å². The van der Waals surface area contributed by atoms with E-state index in [0.29, 0.717) is 13.2 Å². The summed E-state index contributed by atoms with van der Waals surface area (Å²) in [4.78, 5) is 0. The fraction of sp³-hybridized carbons (Fsp3) is 0.400. The second-order valence-corrected chi connectivity index (χ2v) is 6.40. The maximum absolute atomic E-state index is 5.83. The van der Waals surface area contributed by atoms with Crippen molar-refractivity contribution in [2.75, 3.05) is 18.5 Å². The number of anilines is 1. The molecule has 2 rings (SSSR count). The highest BCUT2D eigenvalue weighted by atomic mass is 79.9. The van der Waals surface area contributed by atoms with E-state index in [1.165, 1.54) is 11.3 Å². The molecule has 2 aromatic rings. The van der Waals surface area contributed by atoms with Gasteiger partial charge in [-0.15, -0.1) is 0 Å². The van der Waals surface area contributed by atoms with Gasteiger partial charge in [0.05, 0.1) is 17.7 Å². The van der Waals surface area contributed by atoms with Gasteiger partial charge in [-0.2, -0.15) is 0 Å². The van der Waals surface area contributed by atoms with Crippen LogP contribution in [0.1, 0.15) is 38.3 Å². The van der Waals surface area contributed by atoms with Gasteiger partial charge in [-0.1, -0.05) is 32.0 Å². The first-order chi connectivity index (χ1) is 11.7. The number of benzene rings is 2. The number of halogens is 1. The zero-order chi connectivity index (χ0) is 17.4. The first-order valence-electron chi connectivity index (χ1n) is 8.59. The summed E-state index contributed by atoms with van der Waals surface area (Å²) in [6, 6.07) is 12.6. The third-order valence-corrected chi connectivity index (χ3v) is 4.29. The van der Waals surface area contributed by atoms with Gasteiger partial charge in [-0.05, 0) is 65.0 Å². The average molecular weight is 392 g/mol. The Morgan fingerprint density at radius 1 is 1.04 bits per heavy atom. The fourth-order valence-electron chi connectivity index (χ4n) is 2.53. The van der Waals surface area contributed by atoms with Crippen LogP contribution in [0.4, 0.5) is 5.69 Å². The number of aryl methyl sites for hydroxylation is 1. The average Bonchev–Trinajstić information content (AvgIpc) is 2.59. The number of hydrogen-bond acceptors (Lipinski definition) is 3. The van der Waals surface area contributed by atoms with Crippen molar-refractivity contribution in [2.45, 2.75) is 40.2 Å². The van der Waals surface area contributed by atoms with Crippen molar-refractivity contribution in [3.8, 4) is 11.5 Å². The Balaban J connectivity index is 2.18. The normalized spacial score (nSPS) is 10.5. The molecule has 0 aliphatic carbocycles. The molecule has 1 N–H and O–H groups in total. The lowest BCUT2D eigenvalue weighted by Gasteiger charge is -2.16. The van der Waals surface area contributed by atoms with Crippen LogP contribution in [0, 0.1) is 0 Å². The standard InChI is InChI=1S/C20H26BrNO2/c1-4-11-24-20-17(21)12-15(13-19(20)23-6-3)14-22-18-10-8-7-9-16(18)5-2/h7-10,12-13,22H,4-6,11,14H2,1-3H3. The van der Waals surface area contributed by atoms with E-state index in [9.17, 15) is 0 Å². The molecule has 0 aromatic heterocycles. The summed E-state index contributed by atoms with van der Waals surface area (Å²) in [5.41, 5.74) is 3.66. The van der Waals surface area contributed by atoms with Crippen LogP contribution in [0.5, 0.6) is 11.5 Å². The fourth-order valence-corrected chi connectivity index (χ4v) is 3.13. The summed E-state index contributed by atoms with van der Waals surface area (Å²) in [5.74, 6) is 1.58. The van der Waals surface area contributed by atoms with Crippen LogP contribution >= 0.6 is 15.9 Å². The van der Waals surface area contributed by atoms with Gasteiger partial charge < -0.3 is 14.8 Å². The number of rotatable bonds is 9. The Morgan fingerprint density at radius 3 is 2.54 bits per heavy atom. The summed E-state index contributed by atoms with van der Waals surface area (Å²) >= 11 is 3.62. The predicted molar refractivity (Wildman–Crippen MR) is 104 cm³/mol. The lowest BCUT2D eigenvalue weighted by molar-refractivity contribution is 0.275. The molecule has 0 radical (unpaired) electrons. The quantitative estimate of drug-likeness (QED) is 0.584. The highest BCUT2D eigenvalue weighted by molar-refractivity contribution is 9.10. The molecule has 3 nitrogen and oxygen atoms in total. The molecule has 0 amide bonds. The largest absolute Gasteiger partial charge is 0.490 e. The van der Waals surface area contributed by atoms with Gasteiger partial charge in [-0.25, -0.2) is 0 Å². The molecule has 0 aliphatic heterocycles. The van der Waals surface area contributed by atoms with E-state index in [1.54, 1.807) is 0 Å².